The Morgan fingerprint density at radius 3 is 2.66 bits per heavy atom. The second-order valence-electron chi connectivity index (χ2n) is 10.5. The Bertz CT molecular complexity index is 1270. The van der Waals surface area contributed by atoms with E-state index in [1.54, 1.807) is 12.0 Å². The van der Waals surface area contributed by atoms with Gasteiger partial charge in [0.2, 0.25) is 5.91 Å². The molecular formula is C31H39N3O4. The topological polar surface area (TPSA) is 64.0 Å². The minimum absolute atomic E-state index is 0.255. The van der Waals surface area contributed by atoms with Gasteiger partial charge in [0, 0.05) is 68.0 Å². The molecule has 38 heavy (non-hydrogen) atoms. The molecule has 7 nitrogen and oxygen atoms in total. The third-order valence-electron chi connectivity index (χ3n) is 8.03. The van der Waals surface area contributed by atoms with Crippen LogP contribution >= 0.6 is 0 Å². The minimum atomic E-state index is -0.284. The summed E-state index contributed by atoms with van der Waals surface area (Å²) in [5.74, 6) is 0.610. The number of likely N-dealkylation sites (tertiary alicyclic amines) is 1. The standard InChI is InChI=1S/C31H39N3O4/c1-23-27-10-3-4-11-28(27)34(18-7-20-37-2)30(23)25-9-6-17-32(22-25)29(35)12-5-8-24-13-15-26(16-14-24)33-19-21-38-31(33)36/h3-4,10-11,13-16,25H,5-9,12,17-22H2,1-2H3. The second-order valence-corrected chi connectivity index (χ2v) is 10.5. The number of nitrogens with zero attached hydrogens (tertiary/aromatic N) is 3. The molecule has 0 aliphatic carbocycles. The number of hydrogen-bond acceptors (Lipinski definition) is 4. The number of hydrogen-bond donors (Lipinski definition) is 0. The highest BCUT2D eigenvalue weighted by atomic mass is 16.6. The first kappa shape index (κ1) is 26.3. The number of carbonyl (C=O) groups is 2. The number of benzene rings is 2. The maximum Gasteiger partial charge on any atom is 0.414 e. The van der Waals surface area contributed by atoms with Crippen molar-refractivity contribution in [3.8, 4) is 0 Å². The molecular weight excluding hydrogens is 478 g/mol. The third kappa shape index (κ3) is 5.58. The monoisotopic (exact) mass is 517 g/mol. The molecule has 202 valence electrons. The lowest BCUT2D eigenvalue weighted by atomic mass is 9.91. The Kier molecular flexibility index (Phi) is 8.32. The maximum absolute atomic E-state index is 13.2. The summed E-state index contributed by atoms with van der Waals surface area (Å²) in [5.41, 5.74) is 6.07. The first-order valence-corrected chi connectivity index (χ1v) is 13.9. The van der Waals surface area contributed by atoms with Crippen LogP contribution in [0.15, 0.2) is 48.5 Å². The summed E-state index contributed by atoms with van der Waals surface area (Å²) in [6, 6.07) is 16.7. The number of fused-ring (bicyclic) bond motifs is 1. The SMILES string of the molecule is COCCCn1c(C2CCCN(C(=O)CCCc3ccc(N4CCOC4=O)cc3)C2)c(C)c2ccccc21. The van der Waals surface area contributed by atoms with Crippen molar-refractivity contribution in [3.05, 3.63) is 65.4 Å². The minimum Gasteiger partial charge on any atom is -0.447 e. The van der Waals surface area contributed by atoms with Crippen molar-refractivity contribution in [2.75, 3.05) is 44.9 Å². The van der Waals surface area contributed by atoms with Crippen molar-refractivity contribution >= 4 is 28.6 Å². The van der Waals surface area contributed by atoms with Crippen molar-refractivity contribution in [1.82, 2.24) is 9.47 Å². The van der Waals surface area contributed by atoms with Crippen LogP contribution < -0.4 is 4.90 Å². The van der Waals surface area contributed by atoms with E-state index >= 15 is 0 Å². The molecule has 0 spiro atoms. The molecule has 5 rings (SSSR count). The van der Waals surface area contributed by atoms with E-state index in [0.29, 0.717) is 25.5 Å². The van der Waals surface area contributed by atoms with Crippen LogP contribution in [0.2, 0.25) is 0 Å². The molecule has 7 heteroatoms. The van der Waals surface area contributed by atoms with Crippen molar-refractivity contribution in [2.45, 2.75) is 57.9 Å². The number of amides is 2. The van der Waals surface area contributed by atoms with E-state index in [9.17, 15) is 9.59 Å². The van der Waals surface area contributed by atoms with Gasteiger partial charge in [-0.2, -0.15) is 0 Å². The molecule has 3 heterocycles. The average molecular weight is 518 g/mol. The number of piperidine rings is 1. The Morgan fingerprint density at radius 1 is 1.08 bits per heavy atom. The van der Waals surface area contributed by atoms with Crippen LogP contribution in [0, 0.1) is 6.92 Å². The number of cyclic esters (lactones) is 1. The van der Waals surface area contributed by atoms with E-state index in [-0.39, 0.29) is 12.0 Å². The molecule has 3 aromatic rings. The van der Waals surface area contributed by atoms with Crippen LogP contribution in [0.3, 0.4) is 0 Å². The zero-order chi connectivity index (χ0) is 26.5. The number of carbonyl (C=O) groups excluding carboxylic acids is 2. The molecule has 2 fully saturated rings. The van der Waals surface area contributed by atoms with E-state index in [1.807, 2.05) is 24.3 Å². The van der Waals surface area contributed by atoms with E-state index in [1.165, 1.54) is 27.7 Å². The van der Waals surface area contributed by atoms with Crippen molar-refractivity contribution in [3.63, 3.8) is 0 Å². The average Bonchev–Trinajstić information content (AvgIpc) is 3.50. The van der Waals surface area contributed by atoms with Gasteiger partial charge in [0.05, 0.1) is 6.54 Å². The molecule has 2 saturated heterocycles. The second kappa shape index (κ2) is 12.0. The third-order valence-corrected chi connectivity index (χ3v) is 8.03. The summed E-state index contributed by atoms with van der Waals surface area (Å²) in [5, 5.41) is 1.32. The number of para-hydroxylation sites is 1. The zero-order valence-corrected chi connectivity index (χ0v) is 22.7. The fraction of sp³-hybridized carbons (Fsp3) is 0.484. The molecule has 0 radical (unpaired) electrons. The van der Waals surface area contributed by atoms with Gasteiger partial charge < -0.3 is 18.9 Å². The quantitative estimate of drug-likeness (QED) is 0.325. The molecule has 2 aromatic carbocycles. The Hall–Kier alpha value is -3.32. The van der Waals surface area contributed by atoms with E-state index in [0.717, 1.165) is 64.0 Å². The largest absolute Gasteiger partial charge is 0.447 e. The van der Waals surface area contributed by atoms with Gasteiger partial charge in [-0.15, -0.1) is 0 Å². The Balaban J connectivity index is 1.20. The highest BCUT2D eigenvalue weighted by Crippen LogP contribution is 2.36. The predicted molar refractivity (Wildman–Crippen MR) is 150 cm³/mol. The first-order valence-electron chi connectivity index (χ1n) is 13.9. The predicted octanol–water partition coefficient (Wildman–Crippen LogP) is 5.67. The van der Waals surface area contributed by atoms with Crippen LogP contribution in [-0.2, 0) is 27.2 Å². The van der Waals surface area contributed by atoms with Gasteiger partial charge in [0.1, 0.15) is 6.61 Å². The van der Waals surface area contributed by atoms with Gasteiger partial charge >= 0.3 is 6.09 Å². The van der Waals surface area contributed by atoms with E-state index in [4.69, 9.17) is 9.47 Å². The Labute approximate surface area is 225 Å². The Morgan fingerprint density at radius 2 is 1.89 bits per heavy atom. The van der Waals surface area contributed by atoms with Crippen molar-refractivity contribution in [2.24, 2.45) is 0 Å². The summed E-state index contributed by atoms with van der Waals surface area (Å²) in [6.07, 6.45) is 5.07. The molecule has 1 aromatic heterocycles. The molecule has 2 amide bonds. The van der Waals surface area contributed by atoms with Crippen LogP contribution in [0.4, 0.5) is 10.5 Å². The molecule has 1 atom stereocenters. The van der Waals surface area contributed by atoms with Crippen LogP contribution in [0.25, 0.3) is 10.9 Å². The lowest BCUT2D eigenvalue weighted by Gasteiger charge is -2.34. The number of ether oxygens (including phenoxy) is 2. The lowest BCUT2D eigenvalue weighted by Crippen LogP contribution is -2.39. The van der Waals surface area contributed by atoms with Crippen molar-refractivity contribution < 1.29 is 19.1 Å². The molecule has 0 bridgehead atoms. The van der Waals surface area contributed by atoms with Gasteiger partial charge in [-0.05, 0) is 68.4 Å². The smallest absolute Gasteiger partial charge is 0.414 e. The van der Waals surface area contributed by atoms with Crippen LogP contribution in [0.5, 0.6) is 0 Å². The highest BCUT2D eigenvalue weighted by molar-refractivity contribution is 5.89. The molecule has 0 saturated carbocycles. The number of aromatic nitrogens is 1. The lowest BCUT2D eigenvalue weighted by molar-refractivity contribution is -0.132. The van der Waals surface area contributed by atoms with Gasteiger partial charge in [0.15, 0.2) is 0 Å². The van der Waals surface area contributed by atoms with Gasteiger partial charge in [-0.3, -0.25) is 9.69 Å². The zero-order valence-electron chi connectivity index (χ0n) is 22.7. The number of rotatable bonds is 10. The molecule has 2 aliphatic rings. The van der Waals surface area contributed by atoms with Gasteiger partial charge in [-0.25, -0.2) is 4.79 Å². The summed E-state index contributed by atoms with van der Waals surface area (Å²) >= 11 is 0. The molecule has 0 N–H and O–H groups in total. The maximum atomic E-state index is 13.2. The van der Waals surface area contributed by atoms with Gasteiger partial charge in [-0.1, -0.05) is 30.3 Å². The van der Waals surface area contributed by atoms with Crippen molar-refractivity contribution in [1.29, 1.82) is 0 Å². The fourth-order valence-corrected chi connectivity index (χ4v) is 6.13. The summed E-state index contributed by atoms with van der Waals surface area (Å²) in [7, 11) is 1.76. The summed E-state index contributed by atoms with van der Waals surface area (Å²) < 4.78 is 12.8. The number of anilines is 1. The number of aryl methyl sites for hydroxylation is 3. The first-order chi connectivity index (χ1) is 18.6. The van der Waals surface area contributed by atoms with E-state index in [2.05, 4.69) is 40.7 Å². The van der Waals surface area contributed by atoms with Crippen LogP contribution in [-0.4, -0.2) is 61.4 Å². The molecule has 2 aliphatic heterocycles. The van der Waals surface area contributed by atoms with E-state index < -0.39 is 0 Å². The van der Waals surface area contributed by atoms with Crippen LogP contribution in [0.1, 0.15) is 54.8 Å². The molecule has 1 unspecified atom stereocenters. The summed E-state index contributed by atoms with van der Waals surface area (Å²) in [4.78, 5) is 28.7. The van der Waals surface area contributed by atoms with Gasteiger partial charge in [0.25, 0.3) is 0 Å². The number of methoxy groups -OCH3 is 1. The highest BCUT2D eigenvalue weighted by Gasteiger charge is 2.29. The summed E-state index contributed by atoms with van der Waals surface area (Å²) in [6.45, 7) is 6.59. The normalized spacial score (nSPS) is 17.8. The fourth-order valence-electron chi connectivity index (χ4n) is 6.13.